The zero-order valence-electron chi connectivity index (χ0n) is 22.3. The van der Waals surface area contributed by atoms with Gasteiger partial charge in [0.25, 0.3) is 0 Å². The second-order valence-electron chi connectivity index (χ2n) is 9.76. The van der Waals surface area contributed by atoms with E-state index in [1.165, 1.54) is 42.7 Å². The Hall–Kier alpha value is -4.37. The molecule has 0 spiro atoms. The minimum Gasteiger partial charge on any atom is -0.435 e. The molecule has 2 aromatic heterocycles. The zero-order chi connectivity index (χ0) is 30.6. The molecule has 0 saturated carbocycles. The summed E-state index contributed by atoms with van der Waals surface area (Å²) in [4.78, 5) is 12.5. The van der Waals surface area contributed by atoms with Gasteiger partial charge in [0, 0.05) is 43.5 Å². The largest absolute Gasteiger partial charge is 0.435 e. The summed E-state index contributed by atoms with van der Waals surface area (Å²) in [5.41, 5.74) is -0.399. The molecule has 0 bridgehead atoms. The predicted molar refractivity (Wildman–Crippen MR) is 149 cm³/mol. The van der Waals surface area contributed by atoms with Crippen LogP contribution in [0.5, 0.6) is 11.6 Å². The SMILES string of the molecule is O=S(=O)(Cc1ccccc1)Nc1c(F)cc(Oc2ncccc2-c2ccnc(N[C@@H]3CNCC(C(F)F)C3)n2)c(F)c1F. The maximum absolute atomic E-state index is 15.1. The normalized spacial score (nSPS) is 17.1. The third-order valence-corrected chi connectivity index (χ3v) is 7.79. The Kier molecular flexibility index (Phi) is 9.01. The fraction of sp³-hybridized carbons (Fsp3) is 0.250. The van der Waals surface area contributed by atoms with E-state index in [1.807, 2.05) is 0 Å². The number of piperidine rings is 1. The lowest BCUT2D eigenvalue weighted by atomic mass is 9.96. The maximum atomic E-state index is 15.1. The molecule has 1 aliphatic heterocycles. The topological polar surface area (TPSA) is 118 Å². The Morgan fingerprint density at radius 3 is 2.53 bits per heavy atom. The van der Waals surface area contributed by atoms with Crippen LogP contribution in [0.1, 0.15) is 12.0 Å². The van der Waals surface area contributed by atoms with Gasteiger partial charge in [-0.2, -0.15) is 4.39 Å². The first-order valence-electron chi connectivity index (χ1n) is 13.0. The van der Waals surface area contributed by atoms with Crippen LogP contribution in [0.3, 0.4) is 0 Å². The van der Waals surface area contributed by atoms with Crippen LogP contribution in [0, 0.1) is 23.4 Å². The molecule has 4 aromatic rings. The Morgan fingerprint density at radius 2 is 1.77 bits per heavy atom. The molecule has 1 aliphatic rings. The molecule has 3 N–H and O–H groups in total. The fourth-order valence-electron chi connectivity index (χ4n) is 4.54. The van der Waals surface area contributed by atoms with Gasteiger partial charge in [-0.25, -0.2) is 40.9 Å². The van der Waals surface area contributed by atoms with Crippen molar-refractivity contribution in [3.05, 3.63) is 90.0 Å². The lowest BCUT2D eigenvalue weighted by Gasteiger charge is -2.30. The molecule has 2 atom stereocenters. The Balaban J connectivity index is 1.36. The smallest absolute Gasteiger partial charge is 0.242 e. The van der Waals surface area contributed by atoms with Crippen molar-refractivity contribution >= 4 is 21.7 Å². The summed E-state index contributed by atoms with van der Waals surface area (Å²) < 4.78 is 103. The van der Waals surface area contributed by atoms with Gasteiger partial charge in [-0.1, -0.05) is 30.3 Å². The van der Waals surface area contributed by atoms with E-state index in [0.717, 1.165) is 0 Å². The number of hydrogen-bond donors (Lipinski definition) is 3. The first-order chi connectivity index (χ1) is 20.6. The Labute approximate surface area is 243 Å². The standard InChI is InChI=1S/C28H25F5N6O3S/c29-20-12-22(23(30)24(31)25(20)39-43(40,41)15-16-5-2-1-3-6-16)42-27-19(7-4-9-35-27)21-8-10-36-28(38-21)37-18-11-17(26(32)33)13-34-14-18/h1-10,12,17-18,26,34,39H,11,13-15H2,(H,36,37,38)/t17?,18-/m0/s1. The van der Waals surface area contributed by atoms with Gasteiger partial charge in [-0.15, -0.1) is 0 Å². The van der Waals surface area contributed by atoms with Gasteiger partial charge in [0.1, 0.15) is 5.69 Å². The van der Waals surface area contributed by atoms with E-state index >= 15 is 4.39 Å². The number of ether oxygens (including phenoxy) is 1. The van der Waals surface area contributed by atoms with E-state index in [2.05, 4.69) is 25.6 Å². The zero-order valence-corrected chi connectivity index (χ0v) is 23.1. The van der Waals surface area contributed by atoms with Crippen molar-refractivity contribution in [2.24, 2.45) is 5.92 Å². The minimum absolute atomic E-state index is 0.129. The number of benzene rings is 2. The highest BCUT2D eigenvalue weighted by Gasteiger charge is 2.29. The third kappa shape index (κ3) is 7.35. The molecule has 0 amide bonds. The second kappa shape index (κ2) is 12.9. The molecule has 226 valence electrons. The third-order valence-electron chi connectivity index (χ3n) is 6.57. The van der Waals surface area contributed by atoms with E-state index in [-0.39, 0.29) is 42.1 Å². The quantitative estimate of drug-likeness (QED) is 0.161. The summed E-state index contributed by atoms with van der Waals surface area (Å²) in [6.45, 7) is 0.623. The number of rotatable bonds is 10. The molecule has 15 heteroatoms. The van der Waals surface area contributed by atoms with Gasteiger partial charge in [0.15, 0.2) is 17.4 Å². The molecule has 5 rings (SSSR count). The van der Waals surface area contributed by atoms with Gasteiger partial charge < -0.3 is 15.4 Å². The van der Waals surface area contributed by atoms with Crippen molar-refractivity contribution in [2.75, 3.05) is 23.1 Å². The van der Waals surface area contributed by atoms with Crippen LogP contribution in [-0.4, -0.2) is 48.9 Å². The molecule has 2 aromatic carbocycles. The van der Waals surface area contributed by atoms with E-state index in [9.17, 15) is 26.0 Å². The average molecular weight is 621 g/mol. The maximum Gasteiger partial charge on any atom is 0.242 e. The molecule has 9 nitrogen and oxygen atoms in total. The lowest BCUT2D eigenvalue weighted by molar-refractivity contribution is 0.0606. The van der Waals surface area contributed by atoms with Crippen LogP contribution in [-0.2, 0) is 15.8 Å². The number of halogens is 5. The fourth-order valence-corrected chi connectivity index (χ4v) is 5.74. The van der Waals surface area contributed by atoms with Crippen LogP contribution in [0.25, 0.3) is 11.3 Å². The molecule has 43 heavy (non-hydrogen) atoms. The Morgan fingerprint density at radius 1 is 0.977 bits per heavy atom. The van der Waals surface area contributed by atoms with E-state index in [4.69, 9.17) is 4.74 Å². The van der Waals surface area contributed by atoms with Gasteiger partial charge in [-0.3, -0.25) is 4.72 Å². The highest BCUT2D eigenvalue weighted by Crippen LogP contribution is 2.36. The average Bonchev–Trinajstić information content (AvgIpc) is 2.99. The number of hydrogen-bond acceptors (Lipinski definition) is 8. The number of aromatic nitrogens is 3. The first-order valence-corrected chi connectivity index (χ1v) is 14.7. The molecule has 1 unspecified atom stereocenters. The van der Waals surface area contributed by atoms with Crippen molar-refractivity contribution in [3.63, 3.8) is 0 Å². The molecule has 0 aliphatic carbocycles. The predicted octanol–water partition coefficient (Wildman–Crippen LogP) is 5.35. The summed E-state index contributed by atoms with van der Waals surface area (Å²) in [5, 5.41) is 5.96. The van der Waals surface area contributed by atoms with Gasteiger partial charge in [-0.05, 0) is 30.2 Å². The summed E-state index contributed by atoms with van der Waals surface area (Å²) in [5.74, 6) is -7.32. The van der Waals surface area contributed by atoms with Crippen molar-refractivity contribution in [1.82, 2.24) is 20.3 Å². The number of pyridine rings is 1. The number of sulfonamides is 1. The number of nitrogens with zero attached hydrogens (tertiary/aromatic N) is 3. The Bertz CT molecular complexity index is 1700. The van der Waals surface area contributed by atoms with Gasteiger partial charge in [0.05, 0.1) is 17.0 Å². The van der Waals surface area contributed by atoms with Crippen molar-refractivity contribution < 1.29 is 35.1 Å². The highest BCUT2D eigenvalue weighted by atomic mass is 32.2. The molecule has 1 fully saturated rings. The molecule has 1 saturated heterocycles. The number of nitrogens with one attached hydrogen (secondary N) is 3. The summed E-state index contributed by atoms with van der Waals surface area (Å²) in [7, 11) is -4.30. The lowest BCUT2D eigenvalue weighted by Crippen LogP contribution is -2.45. The molecular weight excluding hydrogens is 595 g/mol. The monoisotopic (exact) mass is 620 g/mol. The molecule has 0 radical (unpaired) electrons. The van der Waals surface area contributed by atoms with Crippen molar-refractivity contribution in [1.29, 1.82) is 0 Å². The van der Waals surface area contributed by atoms with Crippen LogP contribution < -0.4 is 20.1 Å². The molecular formula is C28H25F5N6O3S. The summed E-state index contributed by atoms with van der Waals surface area (Å²) in [6, 6.07) is 12.6. The van der Waals surface area contributed by atoms with Crippen LogP contribution in [0.4, 0.5) is 33.6 Å². The highest BCUT2D eigenvalue weighted by molar-refractivity contribution is 7.91. The summed E-state index contributed by atoms with van der Waals surface area (Å²) >= 11 is 0. The second-order valence-corrected chi connectivity index (χ2v) is 11.5. The van der Waals surface area contributed by atoms with Crippen LogP contribution in [0.15, 0.2) is 67.0 Å². The molecule has 3 heterocycles. The first kappa shape index (κ1) is 30.1. The van der Waals surface area contributed by atoms with Crippen LogP contribution >= 0.6 is 0 Å². The van der Waals surface area contributed by atoms with E-state index in [1.54, 1.807) is 22.9 Å². The van der Waals surface area contributed by atoms with Crippen molar-refractivity contribution in [3.8, 4) is 22.9 Å². The van der Waals surface area contributed by atoms with Crippen LogP contribution in [0.2, 0.25) is 0 Å². The van der Waals surface area contributed by atoms with Gasteiger partial charge in [0.2, 0.25) is 34.1 Å². The van der Waals surface area contributed by atoms with Crippen molar-refractivity contribution in [2.45, 2.75) is 24.6 Å². The number of alkyl halides is 2. The summed E-state index contributed by atoms with van der Waals surface area (Å²) in [6.07, 6.45) is 0.430. The van der Waals surface area contributed by atoms with E-state index in [0.29, 0.717) is 18.2 Å². The van der Waals surface area contributed by atoms with Gasteiger partial charge >= 0.3 is 0 Å². The van der Waals surface area contributed by atoms with E-state index < -0.39 is 57.0 Å². The minimum atomic E-state index is -4.30. The number of anilines is 2.